The van der Waals surface area contributed by atoms with Gasteiger partial charge in [0.05, 0.1) is 5.71 Å². The van der Waals surface area contributed by atoms with Crippen LogP contribution < -0.4 is 11.2 Å². The second-order valence-corrected chi connectivity index (χ2v) is 8.76. The van der Waals surface area contributed by atoms with Crippen LogP contribution in [0.1, 0.15) is 60.2 Å². The normalized spacial score (nSPS) is 12.1. The van der Waals surface area contributed by atoms with Gasteiger partial charge >= 0.3 is 0 Å². The molecule has 0 aliphatic carbocycles. The van der Waals surface area contributed by atoms with E-state index in [1.165, 1.54) is 42.8 Å². The number of aromatic nitrogens is 1. The minimum atomic E-state index is -0.458. The number of nitrogens with one attached hydrogen (secondary N) is 1. The molecule has 2 heterocycles. The van der Waals surface area contributed by atoms with Crippen LogP contribution in [0.4, 0.5) is 0 Å². The smallest absolute Gasteiger partial charge is 0.248 e. The maximum absolute atomic E-state index is 11.2. The third-order valence-electron chi connectivity index (χ3n) is 5.51. The molecule has 0 unspecified atom stereocenters. The molecule has 1 aliphatic heterocycles. The molecule has 1 saturated heterocycles. The topological polar surface area (TPSA) is 104 Å². The predicted octanol–water partition coefficient (Wildman–Crippen LogP) is 4.80. The average Bonchev–Trinajstić information content (AvgIpc) is 3.04. The first-order chi connectivity index (χ1) is 19.9. The molecule has 3 N–H and O–H groups in total. The Morgan fingerprint density at radius 1 is 0.951 bits per heavy atom. The quantitative estimate of drug-likeness (QED) is 0.188. The largest absolute Gasteiger partial charge is 0.366 e. The number of nitrogens with two attached hydrogens (primary N) is 1. The molecule has 0 atom stereocenters. The van der Waals surface area contributed by atoms with Crippen LogP contribution >= 0.6 is 0 Å². The summed E-state index contributed by atoms with van der Waals surface area (Å²) in [5.74, 6) is -0.458. The summed E-state index contributed by atoms with van der Waals surface area (Å²) in [5.41, 5.74) is 12.4. The van der Waals surface area contributed by atoms with Gasteiger partial charge in [-0.3, -0.25) is 19.5 Å². The number of hydrogen-bond donors (Lipinski definition) is 2. The van der Waals surface area contributed by atoms with Crippen LogP contribution in [-0.4, -0.2) is 67.0 Å². The van der Waals surface area contributed by atoms with E-state index in [-0.39, 0.29) is 0 Å². The summed E-state index contributed by atoms with van der Waals surface area (Å²) in [6.07, 6.45) is 16.3. The van der Waals surface area contributed by atoms with Crippen molar-refractivity contribution in [3.05, 3.63) is 101 Å². The zero-order chi connectivity index (χ0) is 30.9. The van der Waals surface area contributed by atoms with Gasteiger partial charge in [0.2, 0.25) is 12.3 Å². The molecule has 2 amide bonds. The van der Waals surface area contributed by atoms with Gasteiger partial charge in [0, 0.05) is 56.8 Å². The second-order valence-electron chi connectivity index (χ2n) is 8.76. The van der Waals surface area contributed by atoms with E-state index in [1.807, 2.05) is 32.0 Å². The van der Waals surface area contributed by atoms with Crippen molar-refractivity contribution in [3.8, 4) is 12.8 Å². The van der Waals surface area contributed by atoms with Gasteiger partial charge < -0.3 is 16.1 Å². The minimum absolute atomic E-state index is 0.454. The molecule has 1 aromatic heterocycles. The van der Waals surface area contributed by atoms with Crippen molar-refractivity contribution >= 4 is 18.0 Å². The summed E-state index contributed by atoms with van der Waals surface area (Å²) in [6, 6.07) is 21.5. The molecule has 1 aliphatic rings. The number of carbonyl (C=O) groups is 2. The zero-order valence-electron chi connectivity index (χ0n) is 25.2. The first-order valence-electron chi connectivity index (χ1n) is 13.7. The Kier molecular flexibility index (Phi) is 20.9. The number of amides is 2. The lowest BCUT2D eigenvalue weighted by molar-refractivity contribution is -0.115. The van der Waals surface area contributed by atoms with E-state index in [9.17, 15) is 9.59 Å². The summed E-state index contributed by atoms with van der Waals surface area (Å²) in [7, 11) is 5.10. The molecule has 220 valence electrons. The molecule has 41 heavy (non-hydrogen) atoms. The van der Waals surface area contributed by atoms with Crippen molar-refractivity contribution in [2.24, 2.45) is 10.8 Å². The third kappa shape index (κ3) is 15.6. The van der Waals surface area contributed by atoms with Gasteiger partial charge in [-0.25, -0.2) is 0 Å². The number of carbonyl (C=O) groups excluding carboxylic acids is 2. The Hall–Kier alpha value is -4.48. The van der Waals surface area contributed by atoms with E-state index < -0.39 is 5.91 Å². The van der Waals surface area contributed by atoms with Gasteiger partial charge in [0.15, 0.2) is 0 Å². The van der Waals surface area contributed by atoms with Crippen molar-refractivity contribution < 1.29 is 9.59 Å². The van der Waals surface area contributed by atoms with E-state index in [0.717, 1.165) is 29.8 Å². The van der Waals surface area contributed by atoms with Gasteiger partial charge in [-0.2, -0.15) is 5.10 Å². The first-order valence-corrected chi connectivity index (χ1v) is 13.7. The van der Waals surface area contributed by atoms with E-state index in [1.54, 1.807) is 51.7 Å². The van der Waals surface area contributed by atoms with Crippen LogP contribution in [0.15, 0.2) is 84.2 Å². The van der Waals surface area contributed by atoms with Crippen LogP contribution in [0.2, 0.25) is 0 Å². The fraction of sp³-hybridized carbons (Fsp3) is 0.333. The molecular weight excluding hydrogens is 512 g/mol. The maximum Gasteiger partial charge on any atom is 0.248 e. The van der Waals surface area contributed by atoms with E-state index >= 15 is 0 Å². The summed E-state index contributed by atoms with van der Waals surface area (Å²) in [4.78, 5) is 28.6. The molecule has 0 saturated carbocycles. The maximum atomic E-state index is 11.2. The van der Waals surface area contributed by atoms with Gasteiger partial charge in [-0.1, -0.05) is 62.7 Å². The number of nitrogens with zero attached hydrogens (tertiary/aromatic N) is 4. The number of pyridine rings is 1. The Morgan fingerprint density at radius 3 is 2.02 bits per heavy atom. The molecular formula is C33H46N6O2. The zero-order valence-corrected chi connectivity index (χ0v) is 25.2. The number of likely N-dealkylation sites (tertiary alicyclic amines) is 1. The molecule has 3 aromatic rings. The van der Waals surface area contributed by atoms with E-state index in [0.29, 0.717) is 5.56 Å². The van der Waals surface area contributed by atoms with Gasteiger partial charge in [0.1, 0.15) is 0 Å². The fourth-order valence-electron chi connectivity index (χ4n) is 3.70. The summed E-state index contributed by atoms with van der Waals surface area (Å²) in [5, 5.41) is 4.25. The number of rotatable bonds is 7. The Bertz CT molecular complexity index is 1140. The van der Waals surface area contributed by atoms with Crippen molar-refractivity contribution in [1.82, 2.24) is 20.2 Å². The Morgan fingerprint density at radius 2 is 1.51 bits per heavy atom. The van der Waals surface area contributed by atoms with E-state index in [4.69, 9.17) is 5.73 Å². The molecule has 4 rings (SSSR count). The summed E-state index contributed by atoms with van der Waals surface area (Å²) < 4.78 is 0. The highest BCUT2D eigenvalue weighted by molar-refractivity contribution is 6.13. The third-order valence-corrected chi connectivity index (χ3v) is 5.51. The van der Waals surface area contributed by atoms with Crippen LogP contribution in [0, 0.1) is 12.8 Å². The van der Waals surface area contributed by atoms with Crippen molar-refractivity contribution in [2.45, 2.75) is 39.7 Å². The lowest BCUT2D eigenvalue weighted by Crippen LogP contribution is -2.28. The van der Waals surface area contributed by atoms with Gasteiger partial charge in [-0.15, -0.1) is 12.8 Å². The minimum Gasteiger partial charge on any atom is -0.366 e. The lowest BCUT2D eigenvalue weighted by Gasteiger charge is -2.26. The highest BCUT2D eigenvalue weighted by Crippen LogP contribution is 2.13. The Balaban J connectivity index is 0.000000629. The average molecular weight is 559 g/mol. The molecule has 8 nitrogen and oxygen atoms in total. The van der Waals surface area contributed by atoms with Crippen LogP contribution in [0.25, 0.3) is 0 Å². The second kappa shape index (κ2) is 23.4. The fourth-order valence-corrected chi connectivity index (χ4v) is 3.70. The first kappa shape index (κ1) is 36.5. The number of hydrazone groups is 1. The predicted molar refractivity (Wildman–Crippen MR) is 170 cm³/mol. The van der Waals surface area contributed by atoms with Crippen molar-refractivity contribution in [3.63, 3.8) is 0 Å². The van der Waals surface area contributed by atoms with Crippen LogP contribution in [-0.2, 0) is 11.3 Å². The number of benzene rings is 2. The van der Waals surface area contributed by atoms with Crippen molar-refractivity contribution in [1.29, 1.82) is 0 Å². The molecule has 0 radical (unpaired) electrons. The number of terminal acetylenes is 1. The molecule has 8 heteroatoms. The molecule has 0 bridgehead atoms. The highest BCUT2D eigenvalue weighted by atomic mass is 16.1. The van der Waals surface area contributed by atoms with E-state index in [2.05, 4.69) is 63.6 Å². The summed E-state index contributed by atoms with van der Waals surface area (Å²) >= 11 is 0. The van der Waals surface area contributed by atoms with Gasteiger partial charge in [0.25, 0.3) is 0 Å². The number of piperidine rings is 1. The standard InChI is InChI=1S/C14H14N4O.C12H17N.C3H7NO.C2H6.C2H2/c1-16-18-13(10-5-7-17-8-6-10)11-3-2-4-12(9-11)14(15)19;1-3-7-12(8-4-1)11-13-9-5-2-6-10-13;1-4(2)3-5;2*1-2/h2-9,16H,1H3,(H2,15,19);1,3-4,7-8H,2,5-6,9-11H2;3H,1-2H3;1-2H3;1-2H/b18-13-;;;;. The molecule has 1 fully saturated rings. The highest BCUT2D eigenvalue weighted by Gasteiger charge is 2.10. The monoisotopic (exact) mass is 558 g/mol. The Labute approximate surface area is 246 Å². The molecule has 0 spiro atoms. The number of primary amides is 1. The van der Waals surface area contributed by atoms with Crippen molar-refractivity contribution in [2.75, 3.05) is 34.2 Å². The van der Waals surface area contributed by atoms with Crippen LogP contribution in [0.5, 0.6) is 0 Å². The molecule has 2 aromatic carbocycles. The summed E-state index contributed by atoms with van der Waals surface area (Å²) in [6.45, 7) is 7.71. The SMILES string of the molecule is C#C.CC.CN(C)C=O.CN/N=C(/c1ccncc1)c1cccc(C(N)=O)c1.c1ccc(CN2CCCCC2)cc1. The lowest BCUT2D eigenvalue weighted by atomic mass is 10.0. The van der Waals surface area contributed by atoms with Gasteiger partial charge in [-0.05, 0) is 55.8 Å². The number of hydrogen-bond acceptors (Lipinski definition) is 6. The van der Waals surface area contributed by atoms with Crippen LogP contribution in [0.3, 0.4) is 0 Å².